The molecular weight excluding hydrogens is 204 g/mol. The molecule has 0 fully saturated rings. The number of hydrogen-bond donors (Lipinski definition) is 0. The van der Waals surface area contributed by atoms with E-state index in [1.165, 1.54) is 5.56 Å². The lowest BCUT2D eigenvalue weighted by atomic mass is 10.1. The van der Waals surface area contributed by atoms with E-state index in [2.05, 4.69) is 11.1 Å². The minimum Gasteiger partial charge on any atom is -0.447 e. The van der Waals surface area contributed by atoms with Gasteiger partial charge in [0.1, 0.15) is 0 Å². The molecule has 16 heavy (non-hydrogen) atoms. The van der Waals surface area contributed by atoms with E-state index in [0.717, 1.165) is 12.1 Å². The van der Waals surface area contributed by atoms with Gasteiger partial charge in [0.2, 0.25) is 0 Å². The van der Waals surface area contributed by atoms with Crippen LogP contribution in [0.25, 0.3) is 0 Å². The predicted molar refractivity (Wildman–Crippen MR) is 60.0 cm³/mol. The van der Waals surface area contributed by atoms with Gasteiger partial charge in [0.05, 0.1) is 18.3 Å². The Kier molecular flexibility index (Phi) is 3.08. The molecule has 0 aromatic carbocycles. The molecule has 0 N–H and O–H groups in total. The fraction of sp³-hybridized carbons (Fsp3) is 0.500. The zero-order chi connectivity index (χ0) is 11.5. The van der Waals surface area contributed by atoms with Gasteiger partial charge < -0.3 is 9.64 Å². The van der Waals surface area contributed by atoms with Crippen molar-refractivity contribution in [3.05, 3.63) is 29.6 Å². The topological polar surface area (TPSA) is 42.4 Å². The van der Waals surface area contributed by atoms with Gasteiger partial charge in [-0.3, -0.25) is 4.98 Å². The highest BCUT2D eigenvalue weighted by molar-refractivity contribution is 5.68. The molecule has 1 aromatic rings. The lowest BCUT2D eigenvalue weighted by Crippen LogP contribution is -2.37. The van der Waals surface area contributed by atoms with E-state index in [9.17, 15) is 4.79 Å². The van der Waals surface area contributed by atoms with Crippen LogP contribution < -0.4 is 0 Å². The Hall–Kier alpha value is -1.58. The zero-order valence-corrected chi connectivity index (χ0v) is 9.64. The van der Waals surface area contributed by atoms with Gasteiger partial charge in [0, 0.05) is 12.7 Å². The van der Waals surface area contributed by atoms with Crippen LogP contribution in [0.3, 0.4) is 0 Å². The highest BCUT2D eigenvalue weighted by Crippen LogP contribution is 2.17. The van der Waals surface area contributed by atoms with E-state index < -0.39 is 0 Å². The Bertz CT molecular complexity index is 390. The van der Waals surface area contributed by atoms with Gasteiger partial charge in [0.25, 0.3) is 0 Å². The van der Waals surface area contributed by atoms with Crippen LogP contribution in [0.5, 0.6) is 0 Å². The van der Waals surface area contributed by atoms with Gasteiger partial charge >= 0.3 is 6.09 Å². The van der Waals surface area contributed by atoms with Gasteiger partial charge in [-0.15, -0.1) is 0 Å². The molecule has 1 aromatic heterocycles. The molecule has 4 heteroatoms. The van der Waals surface area contributed by atoms with Gasteiger partial charge in [-0.2, -0.15) is 0 Å². The highest BCUT2D eigenvalue weighted by atomic mass is 16.6. The maximum absolute atomic E-state index is 11.7. The molecule has 0 aliphatic carbocycles. The number of hydrogen-bond acceptors (Lipinski definition) is 3. The lowest BCUT2D eigenvalue weighted by Gasteiger charge is -2.27. The van der Waals surface area contributed by atoms with E-state index in [0.29, 0.717) is 13.1 Å². The van der Waals surface area contributed by atoms with Crippen LogP contribution >= 0.6 is 0 Å². The highest BCUT2D eigenvalue weighted by Gasteiger charge is 2.22. The first-order chi connectivity index (χ1) is 7.66. The third-order valence-electron chi connectivity index (χ3n) is 2.57. The monoisotopic (exact) mass is 220 g/mol. The quantitative estimate of drug-likeness (QED) is 0.726. The molecule has 0 saturated heterocycles. The Morgan fingerprint density at radius 1 is 1.56 bits per heavy atom. The summed E-state index contributed by atoms with van der Waals surface area (Å²) >= 11 is 0. The first kappa shape index (κ1) is 10.9. The number of aromatic nitrogens is 1. The first-order valence-corrected chi connectivity index (χ1v) is 5.55. The Balaban J connectivity index is 2.05. The second-order valence-electron chi connectivity index (χ2n) is 4.21. The third-order valence-corrected chi connectivity index (χ3v) is 2.57. The van der Waals surface area contributed by atoms with Crippen molar-refractivity contribution in [1.29, 1.82) is 0 Å². The van der Waals surface area contributed by atoms with Crippen molar-refractivity contribution < 1.29 is 9.53 Å². The number of nitrogens with zero attached hydrogens (tertiary/aromatic N) is 2. The number of carbonyl (C=O) groups is 1. The predicted octanol–water partition coefficient (Wildman–Crippen LogP) is 1.98. The van der Waals surface area contributed by atoms with E-state index in [1.807, 2.05) is 19.9 Å². The fourth-order valence-electron chi connectivity index (χ4n) is 1.79. The molecule has 0 unspecified atom stereocenters. The SMILES string of the molecule is CC(C)OC(=O)N1CCc2cccnc2C1. The summed E-state index contributed by atoms with van der Waals surface area (Å²) in [4.78, 5) is 17.7. The van der Waals surface area contributed by atoms with Crippen LogP contribution in [-0.4, -0.2) is 28.6 Å². The Labute approximate surface area is 95.2 Å². The molecule has 86 valence electrons. The second-order valence-corrected chi connectivity index (χ2v) is 4.21. The minimum absolute atomic E-state index is 0.0716. The molecule has 1 aliphatic rings. The average Bonchev–Trinajstić information content (AvgIpc) is 2.27. The number of fused-ring (bicyclic) bond motifs is 1. The molecule has 0 bridgehead atoms. The largest absolute Gasteiger partial charge is 0.447 e. The van der Waals surface area contributed by atoms with Crippen molar-refractivity contribution in [3.63, 3.8) is 0 Å². The first-order valence-electron chi connectivity index (χ1n) is 5.55. The fourth-order valence-corrected chi connectivity index (χ4v) is 1.79. The van der Waals surface area contributed by atoms with Crippen molar-refractivity contribution in [1.82, 2.24) is 9.88 Å². The molecule has 4 nitrogen and oxygen atoms in total. The van der Waals surface area contributed by atoms with Crippen LogP contribution in [0.2, 0.25) is 0 Å². The van der Waals surface area contributed by atoms with Gasteiger partial charge in [-0.25, -0.2) is 4.79 Å². The molecule has 1 aliphatic heterocycles. The summed E-state index contributed by atoms with van der Waals surface area (Å²) in [5.74, 6) is 0. The van der Waals surface area contributed by atoms with Crippen molar-refractivity contribution in [2.45, 2.75) is 32.9 Å². The maximum atomic E-state index is 11.7. The average molecular weight is 220 g/mol. The van der Waals surface area contributed by atoms with Crippen LogP contribution in [0.1, 0.15) is 25.1 Å². The molecule has 1 amide bonds. The standard InChI is InChI=1S/C12H16N2O2/c1-9(2)16-12(15)14-7-5-10-4-3-6-13-11(10)8-14/h3-4,6,9H,5,7-8H2,1-2H3. The van der Waals surface area contributed by atoms with Gasteiger partial charge in [0.15, 0.2) is 0 Å². The number of pyridine rings is 1. The number of carbonyl (C=O) groups excluding carboxylic acids is 1. The van der Waals surface area contributed by atoms with Crippen molar-refractivity contribution in [3.8, 4) is 0 Å². The van der Waals surface area contributed by atoms with Crippen LogP contribution in [-0.2, 0) is 17.7 Å². The molecule has 0 radical (unpaired) electrons. The normalized spacial score (nSPS) is 14.8. The summed E-state index contributed by atoms with van der Waals surface area (Å²) < 4.78 is 5.16. The molecule has 0 atom stereocenters. The summed E-state index contributed by atoms with van der Waals surface area (Å²) in [5.41, 5.74) is 2.21. The summed E-state index contributed by atoms with van der Waals surface area (Å²) in [6.45, 7) is 4.98. The van der Waals surface area contributed by atoms with Crippen LogP contribution in [0.15, 0.2) is 18.3 Å². The van der Waals surface area contributed by atoms with E-state index >= 15 is 0 Å². The third kappa shape index (κ3) is 2.32. The molecular formula is C12H16N2O2. The molecule has 2 heterocycles. The van der Waals surface area contributed by atoms with E-state index in [4.69, 9.17) is 4.74 Å². The lowest BCUT2D eigenvalue weighted by molar-refractivity contribution is 0.0725. The van der Waals surface area contributed by atoms with E-state index in [-0.39, 0.29) is 12.2 Å². The zero-order valence-electron chi connectivity index (χ0n) is 9.64. The summed E-state index contributed by atoms with van der Waals surface area (Å²) in [5, 5.41) is 0. The summed E-state index contributed by atoms with van der Waals surface area (Å²) in [6, 6.07) is 3.99. The Morgan fingerprint density at radius 3 is 3.12 bits per heavy atom. The molecule has 0 saturated carbocycles. The number of rotatable bonds is 1. The van der Waals surface area contributed by atoms with Crippen molar-refractivity contribution >= 4 is 6.09 Å². The van der Waals surface area contributed by atoms with Gasteiger partial charge in [-0.1, -0.05) is 6.07 Å². The smallest absolute Gasteiger partial charge is 0.410 e. The van der Waals surface area contributed by atoms with Crippen molar-refractivity contribution in [2.75, 3.05) is 6.54 Å². The minimum atomic E-state index is -0.244. The molecule has 0 spiro atoms. The second kappa shape index (κ2) is 4.51. The van der Waals surface area contributed by atoms with E-state index in [1.54, 1.807) is 11.1 Å². The summed E-state index contributed by atoms with van der Waals surface area (Å²) in [6.07, 6.45) is 2.30. The molecule has 2 rings (SSSR count). The number of ether oxygens (including phenoxy) is 1. The summed E-state index contributed by atoms with van der Waals surface area (Å²) in [7, 11) is 0. The van der Waals surface area contributed by atoms with Crippen LogP contribution in [0.4, 0.5) is 4.79 Å². The van der Waals surface area contributed by atoms with Gasteiger partial charge in [-0.05, 0) is 31.9 Å². The van der Waals surface area contributed by atoms with Crippen molar-refractivity contribution in [2.24, 2.45) is 0 Å². The maximum Gasteiger partial charge on any atom is 0.410 e. The van der Waals surface area contributed by atoms with Crippen LogP contribution in [0, 0.1) is 0 Å². The number of amides is 1. The Morgan fingerprint density at radius 2 is 2.38 bits per heavy atom.